The summed E-state index contributed by atoms with van der Waals surface area (Å²) >= 11 is 0. The van der Waals surface area contributed by atoms with E-state index in [4.69, 9.17) is 86.7 Å². The minimum Gasteiger partial charge on any atom is -0.481 e. The van der Waals surface area contributed by atoms with Crippen LogP contribution in [0.2, 0.25) is 0 Å². The smallest absolute Gasteiger partial charge is 0.319 e. The van der Waals surface area contributed by atoms with Crippen LogP contribution in [0.3, 0.4) is 0 Å². The standard InChI is InChI=1S/C32H36N4O4.2C28H28N4O4/c1-5-37-25-19-23(33-31(35-25)39-7-3)29-27(21-15-11-9-12-16-21)30(28(29)22-17-13-10-14-18-22)24-20-26(38-6-2)36-32(34-24)40-8-4;2*1-33-21-15-19(29-27(31-21)35-3)25-23(17-11-7-5-8-12-17)26(24(25)18-13-9-6-10-14-18)20-16-22(34-2)32-28(30-20)36-4/h9-20,27-30H,5-8H2,1-4H3;2*5-16,23-26H,1-4H3. The quantitative estimate of drug-likeness (QED) is 0.0441. The third kappa shape index (κ3) is 16.9. The van der Waals surface area contributed by atoms with E-state index in [0.717, 1.165) is 34.2 Å². The molecule has 24 nitrogen and oxygen atoms in total. The predicted molar refractivity (Wildman–Crippen MR) is 421 cm³/mol. The lowest BCUT2D eigenvalue weighted by Crippen LogP contribution is -2.41. The first-order valence-electron chi connectivity index (χ1n) is 37.5. The highest BCUT2D eigenvalue weighted by molar-refractivity contribution is 5.51. The Morgan fingerprint density at radius 3 is 0.527 bits per heavy atom. The molecule has 112 heavy (non-hydrogen) atoms. The number of aromatic nitrogens is 12. The molecule has 3 aliphatic rings. The van der Waals surface area contributed by atoms with E-state index < -0.39 is 0 Å². The molecule has 0 N–H and O–H groups in total. The Bertz CT molecular complexity index is 4340. The molecule has 6 heterocycles. The average Bonchev–Trinajstić information content (AvgIpc) is 0.725. The summed E-state index contributed by atoms with van der Waals surface area (Å²) < 4.78 is 66.8. The second-order valence-corrected chi connectivity index (χ2v) is 26.6. The maximum atomic E-state index is 5.85. The number of hydrogen-bond acceptors (Lipinski definition) is 24. The zero-order valence-corrected chi connectivity index (χ0v) is 64.8. The Kier molecular flexibility index (Phi) is 25.4. The lowest BCUT2D eigenvalue weighted by atomic mass is 9.50. The molecule has 0 unspecified atom stereocenters. The van der Waals surface area contributed by atoms with E-state index in [2.05, 4.69) is 175 Å². The molecule has 12 aromatic rings. The first-order valence-corrected chi connectivity index (χ1v) is 37.5. The highest BCUT2D eigenvalue weighted by Gasteiger charge is 2.58. The largest absolute Gasteiger partial charge is 0.481 e. The Morgan fingerprint density at radius 1 is 0.188 bits per heavy atom. The fraction of sp³-hybridized carbons (Fsp3) is 0.318. The minimum absolute atomic E-state index is 0.0114. The third-order valence-corrected chi connectivity index (χ3v) is 20.7. The lowest BCUT2D eigenvalue weighted by molar-refractivity contribution is 0.210. The zero-order chi connectivity index (χ0) is 78.0. The monoisotopic (exact) mass is 1510 g/mol. The van der Waals surface area contributed by atoms with Gasteiger partial charge in [0, 0.05) is 107 Å². The number of rotatable bonds is 28. The SMILES string of the molecule is CCOc1cc(C2C(c3ccccc3)C(c3cc(OCC)nc(OCC)n3)C2c2ccccc2)nc(OCC)n1.COc1cc(C2C(c3ccccc3)C(c3cc(OC)nc(OC)n3)C2c2ccccc2)nc(OC)n1.COc1cc(C2C(c3ccccc3)C(c3cc(OC)nc(OC)n3)C2c2ccccc2)nc(OC)n1. The molecule has 0 radical (unpaired) electrons. The fourth-order valence-corrected chi connectivity index (χ4v) is 16.2. The summed E-state index contributed by atoms with van der Waals surface area (Å²) in [5.74, 6) is 3.30. The van der Waals surface area contributed by atoms with E-state index in [0.29, 0.717) is 73.7 Å². The van der Waals surface area contributed by atoms with Gasteiger partial charge in [0.2, 0.25) is 35.3 Å². The van der Waals surface area contributed by atoms with Gasteiger partial charge in [0.15, 0.2) is 0 Å². The van der Waals surface area contributed by atoms with Crippen LogP contribution in [0.15, 0.2) is 218 Å². The van der Waals surface area contributed by atoms with Crippen molar-refractivity contribution in [1.82, 2.24) is 59.8 Å². The lowest BCUT2D eigenvalue weighted by Gasteiger charge is -2.52. The van der Waals surface area contributed by atoms with Gasteiger partial charge in [-0.3, -0.25) is 0 Å². The number of ether oxygens (including phenoxy) is 12. The van der Waals surface area contributed by atoms with Crippen LogP contribution >= 0.6 is 0 Å². The maximum absolute atomic E-state index is 5.85. The molecule has 3 saturated carbocycles. The molecule has 0 spiro atoms. The molecule has 0 atom stereocenters. The molecular formula is C88H92N12O12. The van der Waals surface area contributed by atoms with Gasteiger partial charge in [0.25, 0.3) is 0 Å². The van der Waals surface area contributed by atoms with Crippen molar-refractivity contribution in [2.24, 2.45) is 0 Å². The van der Waals surface area contributed by atoms with Crippen LogP contribution in [0.25, 0.3) is 0 Å². The van der Waals surface area contributed by atoms with Crippen LogP contribution in [-0.2, 0) is 0 Å². The topological polar surface area (TPSA) is 265 Å². The van der Waals surface area contributed by atoms with E-state index in [1.807, 2.05) is 100 Å². The summed E-state index contributed by atoms with van der Waals surface area (Å²) in [6.07, 6.45) is 0. The highest BCUT2D eigenvalue weighted by Crippen LogP contribution is 2.69. The summed E-state index contributed by atoms with van der Waals surface area (Å²) in [6.45, 7) is 9.68. The van der Waals surface area contributed by atoms with Gasteiger partial charge in [-0.2, -0.15) is 59.8 Å². The number of hydrogen-bond donors (Lipinski definition) is 0. The normalized spacial score (nSPS) is 20.5. The van der Waals surface area contributed by atoms with Crippen LogP contribution in [0, 0.1) is 0 Å². The van der Waals surface area contributed by atoms with Crippen molar-refractivity contribution in [3.8, 4) is 71.3 Å². The summed E-state index contributed by atoms with van der Waals surface area (Å²) in [7, 11) is 12.6. The summed E-state index contributed by atoms with van der Waals surface area (Å²) in [5.41, 5.74) is 12.3. The van der Waals surface area contributed by atoms with Gasteiger partial charge in [-0.25, -0.2) is 0 Å². The first-order chi connectivity index (χ1) is 55.0. The Morgan fingerprint density at radius 2 is 0.357 bits per heavy atom. The van der Waals surface area contributed by atoms with Crippen molar-refractivity contribution in [3.05, 3.63) is 286 Å². The number of methoxy groups -OCH3 is 8. The van der Waals surface area contributed by atoms with Crippen LogP contribution in [-0.4, -0.2) is 143 Å². The van der Waals surface area contributed by atoms with E-state index in [9.17, 15) is 0 Å². The van der Waals surface area contributed by atoms with Crippen LogP contribution in [0.1, 0.15) is 166 Å². The molecule has 0 aliphatic heterocycles. The Hall–Kier alpha value is -12.6. The molecule has 3 fully saturated rings. The molecule has 0 amide bonds. The second kappa shape index (κ2) is 36.7. The van der Waals surface area contributed by atoms with Crippen molar-refractivity contribution in [2.75, 3.05) is 83.3 Å². The van der Waals surface area contributed by atoms with Gasteiger partial charge in [-0.1, -0.05) is 182 Å². The predicted octanol–water partition coefficient (Wildman–Crippen LogP) is 15.8. The molecule has 0 bridgehead atoms. The molecule has 24 heteroatoms. The Labute approximate surface area is 652 Å². The van der Waals surface area contributed by atoms with Gasteiger partial charge in [0.05, 0.1) is 117 Å². The molecule has 6 aromatic heterocycles. The highest BCUT2D eigenvalue weighted by atomic mass is 16.5. The summed E-state index contributed by atoms with van der Waals surface area (Å²) in [5, 5.41) is 0. The molecule has 576 valence electrons. The van der Waals surface area contributed by atoms with E-state index >= 15 is 0 Å². The van der Waals surface area contributed by atoms with Crippen molar-refractivity contribution >= 4 is 0 Å². The molecule has 15 rings (SSSR count). The molecule has 3 aliphatic carbocycles. The second-order valence-electron chi connectivity index (χ2n) is 26.6. The Balaban J connectivity index is 0.000000147. The molecule has 6 aromatic carbocycles. The van der Waals surface area contributed by atoms with Gasteiger partial charge in [0.1, 0.15) is 0 Å². The van der Waals surface area contributed by atoms with Crippen molar-refractivity contribution in [2.45, 2.75) is 98.7 Å². The summed E-state index contributed by atoms with van der Waals surface area (Å²) in [4.78, 5) is 55.1. The first kappa shape index (κ1) is 77.6. The number of nitrogens with zero attached hydrogens (tertiary/aromatic N) is 12. The summed E-state index contributed by atoms with van der Waals surface area (Å²) in [6, 6.07) is 76.1. The van der Waals surface area contributed by atoms with E-state index in [1.165, 1.54) is 33.4 Å². The average molecular weight is 1510 g/mol. The van der Waals surface area contributed by atoms with Crippen LogP contribution in [0.5, 0.6) is 71.3 Å². The van der Waals surface area contributed by atoms with Gasteiger partial charge in [-0.15, -0.1) is 0 Å². The van der Waals surface area contributed by atoms with Crippen molar-refractivity contribution < 1.29 is 56.8 Å². The molecule has 0 saturated heterocycles. The zero-order valence-electron chi connectivity index (χ0n) is 64.8. The van der Waals surface area contributed by atoms with Crippen molar-refractivity contribution in [1.29, 1.82) is 0 Å². The van der Waals surface area contributed by atoms with Gasteiger partial charge in [-0.05, 0) is 61.1 Å². The van der Waals surface area contributed by atoms with Crippen molar-refractivity contribution in [3.63, 3.8) is 0 Å². The van der Waals surface area contributed by atoms with Crippen LogP contribution < -0.4 is 56.8 Å². The minimum atomic E-state index is 0.0114. The van der Waals surface area contributed by atoms with E-state index in [1.54, 1.807) is 56.9 Å². The molecular weight excluding hydrogens is 1420 g/mol. The van der Waals surface area contributed by atoms with Crippen LogP contribution in [0.4, 0.5) is 0 Å². The maximum Gasteiger partial charge on any atom is 0.319 e. The third-order valence-electron chi connectivity index (χ3n) is 20.7. The fourth-order valence-electron chi connectivity index (χ4n) is 16.2. The number of benzene rings is 6. The van der Waals surface area contributed by atoms with Gasteiger partial charge < -0.3 is 56.8 Å². The van der Waals surface area contributed by atoms with E-state index in [-0.39, 0.29) is 95.1 Å². The van der Waals surface area contributed by atoms with Gasteiger partial charge >= 0.3 is 36.1 Å².